The molecule has 0 aromatic heterocycles. The van der Waals surface area contributed by atoms with E-state index in [1.807, 2.05) is 0 Å². The molecule has 1 fully saturated rings. The van der Waals surface area contributed by atoms with Crippen LogP contribution in [0.3, 0.4) is 0 Å². The van der Waals surface area contributed by atoms with E-state index in [0.29, 0.717) is 0 Å². The van der Waals surface area contributed by atoms with Gasteiger partial charge in [-0.15, -0.1) is 0 Å². The predicted octanol–water partition coefficient (Wildman–Crippen LogP) is 2.02. The van der Waals surface area contributed by atoms with Gasteiger partial charge in [-0.3, -0.25) is 10.2 Å². The highest BCUT2D eigenvalue weighted by molar-refractivity contribution is 5.89. The van der Waals surface area contributed by atoms with E-state index in [1.165, 1.54) is 22.3 Å². The van der Waals surface area contributed by atoms with Crippen LogP contribution in [0.4, 0.5) is 0 Å². The molecule has 0 radical (unpaired) electrons. The van der Waals surface area contributed by atoms with E-state index in [2.05, 4.69) is 38.3 Å². The maximum atomic E-state index is 12.1. The first-order valence-corrected chi connectivity index (χ1v) is 6.10. The number of aryl methyl sites for hydroxylation is 3. The Morgan fingerprint density at radius 2 is 1.76 bits per heavy atom. The molecule has 3 nitrogen and oxygen atoms in total. The van der Waals surface area contributed by atoms with Gasteiger partial charge in [-0.25, -0.2) is 5.84 Å². The average molecular weight is 232 g/mol. The number of hydrogen-bond donors (Lipinski definition) is 2. The normalized spacial score (nSPS) is 17.4. The first-order chi connectivity index (χ1) is 8.01. The molecule has 0 atom stereocenters. The summed E-state index contributed by atoms with van der Waals surface area (Å²) in [5, 5.41) is 0. The molecule has 17 heavy (non-hydrogen) atoms. The van der Waals surface area contributed by atoms with Crippen molar-refractivity contribution < 1.29 is 4.79 Å². The van der Waals surface area contributed by atoms with Crippen LogP contribution in [-0.4, -0.2) is 5.91 Å². The minimum atomic E-state index is -0.378. The van der Waals surface area contributed by atoms with E-state index >= 15 is 0 Å². The van der Waals surface area contributed by atoms with Gasteiger partial charge in [0.15, 0.2) is 0 Å². The van der Waals surface area contributed by atoms with Crippen LogP contribution < -0.4 is 11.3 Å². The maximum Gasteiger partial charge on any atom is 0.244 e. The molecule has 0 aliphatic heterocycles. The summed E-state index contributed by atoms with van der Waals surface area (Å²) in [6, 6.07) is 4.29. The number of amides is 1. The van der Waals surface area contributed by atoms with Crippen molar-refractivity contribution in [3.05, 3.63) is 34.4 Å². The molecule has 1 aliphatic rings. The van der Waals surface area contributed by atoms with Crippen LogP contribution in [0.25, 0.3) is 0 Å². The predicted molar refractivity (Wildman–Crippen MR) is 68.5 cm³/mol. The fraction of sp³-hybridized carbons (Fsp3) is 0.500. The lowest BCUT2D eigenvalue weighted by Gasteiger charge is -2.42. The van der Waals surface area contributed by atoms with Gasteiger partial charge in [0.25, 0.3) is 0 Å². The fourth-order valence-electron chi connectivity index (χ4n) is 3.19. The van der Waals surface area contributed by atoms with Crippen LogP contribution in [0.2, 0.25) is 0 Å². The molecule has 1 aromatic carbocycles. The van der Waals surface area contributed by atoms with Gasteiger partial charge >= 0.3 is 0 Å². The largest absolute Gasteiger partial charge is 0.293 e. The second kappa shape index (κ2) is 4.15. The van der Waals surface area contributed by atoms with E-state index < -0.39 is 0 Å². The Morgan fingerprint density at radius 1 is 1.24 bits per heavy atom. The van der Waals surface area contributed by atoms with Crippen LogP contribution in [-0.2, 0) is 10.2 Å². The zero-order valence-corrected chi connectivity index (χ0v) is 10.8. The Kier molecular flexibility index (Phi) is 2.96. The number of nitrogens with one attached hydrogen (secondary N) is 1. The summed E-state index contributed by atoms with van der Waals surface area (Å²) < 4.78 is 0. The highest BCUT2D eigenvalue weighted by Crippen LogP contribution is 2.46. The Labute approximate surface area is 102 Å². The van der Waals surface area contributed by atoms with Gasteiger partial charge in [0.2, 0.25) is 5.91 Å². The molecule has 0 heterocycles. The van der Waals surface area contributed by atoms with Crippen LogP contribution in [0, 0.1) is 20.8 Å². The summed E-state index contributed by atoms with van der Waals surface area (Å²) >= 11 is 0. The van der Waals surface area contributed by atoms with Crippen molar-refractivity contribution in [1.82, 2.24) is 5.43 Å². The van der Waals surface area contributed by atoms with Crippen LogP contribution in [0.1, 0.15) is 41.5 Å². The van der Waals surface area contributed by atoms with Crippen molar-refractivity contribution in [2.45, 2.75) is 45.4 Å². The number of nitrogens with two attached hydrogens (primary N) is 1. The van der Waals surface area contributed by atoms with E-state index in [4.69, 9.17) is 5.84 Å². The molecule has 2 rings (SSSR count). The lowest BCUT2D eigenvalue weighted by atomic mass is 9.61. The number of carbonyl (C=O) groups is 1. The first kappa shape index (κ1) is 12.1. The summed E-state index contributed by atoms with van der Waals surface area (Å²) in [6.45, 7) is 6.25. The zero-order valence-electron chi connectivity index (χ0n) is 10.8. The molecular weight excluding hydrogens is 212 g/mol. The monoisotopic (exact) mass is 232 g/mol. The molecule has 1 saturated carbocycles. The molecule has 0 saturated heterocycles. The van der Waals surface area contributed by atoms with Crippen LogP contribution in [0.5, 0.6) is 0 Å². The Bertz CT molecular complexity index is 438. The zero-order chi connectivity index (χ0) is 12.6. The van der Waals surface area contributed by atoms with Crippen molar-refractivity contribution in [3.63, 3.8) is 0 Å². The highest BCUT2D eigenvalue weighted by Gasteiger charge is 2.46. The first-order valence-electron chi connectivity index (χ1n) is 6.10. The minimum absolute atomic E-state index is 0.0428. The SMILES string of the molecule is Cc1cc(C)c(C2(C(=O)NN)CCC2)c(C)c1. The van der Waals surface area contributed by atoms with Crippen LogP contribution in [0.15, 0.2) is 12.1 Å². The second-order valence-electron chi connectivity index (χ2n) is 5.18. The molecule has 1 aromatic rings. The van der Waals surface area contributed by atoms with Gasteiger partial charge in [0, 0.05) is 0 Å². The van der Waals surface area contributed by atoms with Gasteiger partial charge in [-0.2, -0.15) is 0 Å². The number of carbonyl (C=O) groups excluding carboxylic acids is 1. The van der Waals surface area contributed by atoms with E-state index in [9.17, 15) is 4.79 Å². The topological polar surface area (TPSA) is 55.1 Å². The van der Waals surface area contributed by atoms with Crippen molar-refractivity contribution in [3.8, 4) is 0 Å². The molecule has 3 N–H and O–H groups in total. The Balaban J connectivity index is 2.55. The molecule has 3 heteroatoms. The second-order valence-corrected chi connectivity index (χ2v) is 5.18. The van der Waals surface area contributed by atoms with E-state index in [1.54, 1.807) is 0 Å². The number of hydrogen-bond acceptors (Lipinski definition) is 2. The summed E-state index contributed by atoms with van der Waals surface area (Å²) in [5.41, 5.74) is 6.78. The van der Waals surface area contributed by atoms with Crippen molar-refractivity contribution in [1.29, 1.82) is 0 Å². The average Bonchev–Trinajstić information content (AvgIpc) is 2.19. The summed E-state index contributed by atoms with van der Waals surface area (Å²) in [4.78, 5) is 12.1. The molecule has 1 aliphatic carbocycles. The maximum absolute atomic E-state index is 12.1. The fourth-order valence-corrected chi connectivity index (χ4v) is 3.19. The molecule has 0 unspecified atom stereocenters. The van der Waals surface area contributed by atoms with E-state index in [0.717, 1.165) is 19.3 Å². The standard InChI is InChI=1S/C14H20N2O/c1-9-7-10(2)12(11(3)8-9)14(5-4-6-14)13(17)16-15/h7-8H,4-6,15H2,1-3H3,(H,16,17). The van der Waals surface area contributed by atoms with E-state index in [-0.39, 0.29) is 11.3 Å². The van der Waals surface area contributed by atoms with Crippen LogP contribution >= 0.6 is 0 Å². The molecular formula is C14H20N2O. The number of hydrazine groups is 1. The highest BCUT2D eigenvalue weighted by atomic mass is 16.2. The summed E-state index contributed by atoms with van der Waals surface area (Å²) in [7, 11) is 0. The molecule has 0 spiro atoms. The number of benzene rings is 1. The van der Waals surface area contributed by atoms with Crippen molar-refractivity contribution in [2.24, 2.45) is 5.84 Å². The van der Waals surface area contributed by atoms with Gasteiger partial charge in [0.05, 0.1) is 5.41 Å². The smallest absolute Gasteiger partial charge is 0.244 e. The van der Waals surface area contributed by atoms with Gasteiger partial charge in [-0.1, -0.05) is 24.1 Å². The van der Waals surface area contributed by atoms with Gasteiger partial charge in [0.1, 0.15) is 0 Å². The Hall–Kier alpha value is -1.35. The minimum Gasteiger partial charge on any atom is -0.293 e. The molecule has 0 bridgehead atoms. The van der Waals surface area contributed by atoms with Gasteiger partial charge < -0.3 is 0 Å². The third-order valence-corrected chi connectivity index (χ3v) is 3.93. The lowest BCUT2D eigenvalue weighted by molar-refractivity contribution is -0.130. The molecule has 92 valence electrons. The van der Waals surface area contributed by atoms with Crippen molar-refractivity contribution in [2.75, 3.05) is 0 Å². The molecule has 1 amide bonds. The lowest BCUT2D eigenvalue weighted by Crippen LogP contribution is -2.52. The summed E-state index contributed by atoms with van der Waals surface area (Å²) in [6.07, 6.45) is 2.90. The number of rotatable bonds is 2. The third-order valence-electron chi connectivity index (χ3n) is 3.93. The van der Waals surface area contributed by atoms with Crippen molar-refractivity contribution >= 4 is 5.91 Å². The Morgan fingerprint density at radius 3 is 2.12 bits per heavy atom. The van der Waals surface area contributed by atoms with Gasteiger partial charge in [-0.05, 0) is 50.3 Å². The third kappa shape index (κ3) is 1.75. The quantitative estimate of drug-likeness (QED) is 0.465. The summed E-state index contributed by atoms with van der Waals surface area (Å²) in [5.74, 6) is 5.29.